The predicted molar refractivity (Wildman–Crippen MR) is 114 cm³/mol. The average Bonchev–Trinajstić information content (AvgIpc) is 2.78. The lowest BCUT2D eigenvalue weighted by atomic mass is 9.81. The highest BCUT2D eigenvalue weighted by Crippen LogP contribution is 2.43. The molecule has 3 aromatic rings. The number of fused-ring (bicyclic) bond motifs is 1. The maximum atomic E-state index is 13.3. The quantitative estimate of drug-likeness (QED) is 0.223. The molecule has 1 aromatic heterocycles. The predicted octanol–water partition coefficient (Wildman–Crippen LogP) is -0.170. The summed E-state index contributed by atoms with van der Waals surface area (Å²) < 4.78 is 11.4. The fraction of sp³-hybridized carbons (Fsp3) is 0.318. The summed E-state index contributed by atoms with van der Waals surface area (Å²) in [7, 11) is 0. The number of phenolic OH excluding ortho intramolecular Hbond substituents is 5. The Kier molecular flexibility index (Phi) is 5.91. The zero-order chi connectivity index (χ0) is 24.9. The summed E-state index contributed by atoms with van der Waals surface area (Å²) in [5, 5.41) is 89.2. The van der Waals surface area contributed by atoms with E-state index in [0.29, 0.717) is 0 Å². The van der Waals surface area contributed by atoms with E-state index in [0.717, 1.165) is 24.3 Å². The summed E-state index contributed by atoms with van der Waals surface area (Å²) in [5.74, 6) is -5.37. The van der Waals surface area contributed by atoms with Gasteiger partial charge < -0.3 is 55.1 Å². The molecule has 1 saturated carbocycles. The summed E-state index contributed by atoms with van der Waals surface area (Å²) in [5.41, 5.74) is -1.41. The van der Waals surface area contributed by atoms with Gasteiger partial charge in [-0.2, -0.15) is 0 Å². The van der Waals surface area contributed by atoms with Gasteiger partial charge in [-0.25, -0.2) is 0 Å². The first-order valence-corrected chi connectivity index (χ1v) is 10.1. The second-order valence-electron chi connectivity index (χ2n) is 8.10. The summed E-state index contributed by atoms with van der Waals surface area (Å²) >= 11 is 0. The van der Waals surface area contributed by atoms with E-state index in [9.17, 15) is 50.8 Å². The number of hydrogen-bond acceptors (Lipinski definition) is 12. The molecule has 4 rings (SSSR count). The van der Waals surface area contributed by atoms with Crippen molar-refractivity contribution in [1.29, 1.82) is 0 Å². The largest absolute Gasteiger partial charge is 0.508 e. The Morgan fingerprint density at radius 1 is 0.882 bits per heavy atom. The molecule has 0 amide bonds. The Morgan fingerprint density at radius 2 is 1.53 bits per heavy atom. The molecule has 5 atom stereocenters. The number of rotatable bonds is 4. The number of benzene rings is 2. The van der Waals surface area contributed by atoms with Gasteiger partial charge in [0.25, 0.3) is 0 Å². The molecule has 0 aliphatic heterocycles. The standard InChI is InChI=1S/C22H22O12/c23-6-8-3-14(18(30)20(32)16(8)28)34-22-19(31)15-10(25)4-9(24)5-13(15)33-21(22)7-1-11(26)17(29)12(27)2-7/h1-2,4-5,8,14,16,18,20,23-30,32H,3,6H2/t8-,14+,16-,18+,20+/m1/s1. The van der Waals surface area contributed by atoms with Gasteiger partial charge in [0.1, 0.15) is 40.8 Å². The molecule has 34 heavy (non-hydrogen) atoms. The van der Waals surface area contributed by atoms with E-state index in [1.807, 2.05) is 0 Å². The first-order valence-electron chi connectivity index (χ1n) is 10.1. The number of phenols is 5. The minimum Gasteiger partial charge on any atom is -0.508 e. The van der Waals surface area contributed by atoms with Gasteiger partial charge in [0.05, 0.1) is 6.10 Å². The van der Waals surface area contributed by atoms with Gasteiger partial charge in [-0.1, -0.05) is 0 Å². The summed E-state index contributed by atoms with van der Waals surface area (Å²) in [6.45, 7) is -0.552. The molecule has 1 aliphatic carbocycles. The number of aliphatic hydroxyl groups excluding tert-OH is 4. The average molecular weight is 478 g/mol. The third-order valence-corrected chi connectivity index (χ3v) is 5.85. The third-order valence-electron chi connectivity index (χ3n) is 5.85. The molecule has 1 aliphatic rings. The second kappa shape index (κ2) is 8.57. The van der Waals surface area contributed by atoms with Crippen molar-refractivity contribution in [2.45, 2.75) is 30.8 Å². The molecule has 0 radical (unpaired) electrons. The van der Waals surface area contributed by atoms with Gasteiger partial charge in [0.15, 0.2) is 23.0 Å². The third kappa shape index (κ3) is 3.82. The fourth-order valence-electron chi connectivity index (χ4n) is 4.03. The number of aromatic hydroxyl groups is 5. The van der Waals surface area contributed by atoms with E-state index in [1.54, 1.807) is 0 Å². The number of aliphatic hydroxyl groups is 4. The van der Waals surface area contributed by atoms with Crippen molar-refractivity contribution in [3.8, 4) is 45.8 Å². The molecular formula is C22H22O12. The normalized spacial score (nSPS) is 24.9. The lowest BCUT2D eigenvalue weighted by Crippen LogP contribution is -2.56. The lowest BCUT2D eigenvalue weighted by molar-refractivity contribution is -0.157. The van der Waals surface area contributed by atoms with Crippen molar-refractivity contribution in [2.75, 3.05) is 6.61 Å². The first kappa shape index (κ1) is 23.4. The molecule has 1 fully saturated rings. The Balaban J connectivity index is 1.94. The van der Waals surface area contributed by atoms with Crippen molar-refractivity contribution >= 4 is 11.0 Å². The van der Waals surface area contributed by atoms with Crippen LogP contribution in [0.25, 0.3) is 22.3 Å². The van der Waals surface area contributed by atoms with Gasteiger partial charge in [0, 0.05) is 30.2 Å². The van der Waals surface area contributed by atoms with Crippen molar-refractivity contribution in [1.82, 2.24) is 0 Å². The molecule has 2 aromatic carbocycles. The molecule has 0 saturated heterocycles. The summed E-state index contributed by atoms with van der Waals surface area (Å²) in [6, 6.07) is 3.81. The van der Waals surface area contributed by atoms with Crippen LogP contribution in [0.2, 0.25) is 0 Å². The Bertz CT molecular complexity index is 1270. The molecule has 12 nitrogen and oxygen atoms in total. The first-order chi connectivity index (χ1) is 16.0. The summed E-state index contributed by atoms with van der Waals surface area (Å²) in [4.78, 5) is 13.3. The highest BCUT2D eigenvalue weighted by Gasteiger charge is 2.44. The van der Waals surface area contributed by atoms with E-state index in [-0.39, 0.29) is 17.6 Å². The van der Waals surface area contributed by atoms with Crippen molar-refractivity contribution < 1.29 is 55.1 Å². The molecule has 0 bridgehead atoms. The highest BCUT2D eigenvalue weighted by atomic mass is 16.5. The van der Waals surface area contributed by atoms with Crippen LogP contribution < -0.4 is 10.2 Å². The molecule has 12 heteroatoms. The SMILES string of the molecule is O=c1c(O[C@H]2C[C@H](CO)[C@@H](O)[C@H](O)[C@H]2O)c(-c2cc(O)c(O)c(O)c2)oc2cc(O)cc(O)c12. The van der Waals surface area contributed by atoms with Crippen molar-refractivity contribution in [2.24, 2.45) is 5.92 Å². The van der Waals surface area contributed by atoms with Crippen LogP contribution in [-0.4, -0.2) is 77.0 Å². The van der Waals surface area contributed by atoms with E-state index in [1.165, 1.54) is 0 Å². The van der Waals surface area contributed by atoms with Gasteiger partial charge in [-0.15, -0.1) is 0 Å². The van der Waals surface area contributed by atoms with Gasteiger partial charge in [-0.05, 0) is 18.6 Å². The van der Waals surface area contributed by atoms with E-state index < -0.39 is 88.0 Å². The van der Waals surface area contributed by atoms with E-state index in [2.05, 4.69) is 0 Å². The molecule has 0 spiro atoms. The van der Waals surface area contributed by atoms with Crippen LogP contribution >= 0.6 is 0 Å². The van der Waals surface area contributed by atoms with Crippen LogP contribution in [0.5, 0.6) is 34.5 Å². The zero-order valence-electron chi connectivity index (χ0n) is 17.4. The topological polar surface area (TPSA) is 222 Å². The van der Waals surface area contributed by atoms with Crippen molar-refractivity contribution in [3.05, 3.63) is 34.5 Å². The molecule has 9 N–H and O–H groups in total. The maximum Gasteiger partial charge on any atom is 0.239 e. The minimum absolute atomic E-state index is 0.158. The molecule has 0 unspecified atom stereocenters. The van der Waals surface area contributed by atoms with E-state index >= 15 is 0 Å². The van der Waals surface area contributed by atoms with Crippen LogP contribution in [-0.2, 0) is 0 Å². The van der Waals surface area contributed by atoms with Crippen LogP contribution in [0.15, 0.2) is 33.5 Å². The molecule has 182 valence electrons. The van der Waals surface area contributed by atoms with Crippen LogP contribution in [0.4, 0.5) is 0 Å². The summed E-state index contributed by atoms with van der Waals surface area (Å²) in [6.07, 6.45) is -6.35. The van der Waals surface area contributed by atoms with Gasteiger partial charge in [0.2, 0.25) is 11.2 Å². The maximum absolute atomic E-state index is 13.3. The minimum atomic E-state index is -1.71. The smallest absolute Gasteiger partial charge is 0.239 e. The Hall–Kier alpha value is -3.71. The van der Waals surface area contributed by atoms with Gasteiger partial charge >= 0.3 is 0 Å². The number of ether oxygens (including phenoxy) is 1. The van der Waals surface area contributed by atoms with Gasteiger partial charge in [-0.3, -0.25) is 4.79 Å². The van der Waals surface area contributed by atoms with Crippen LogP contribution in [0.1, 0.15) is 6.42 Å². The Morgan fingerprint density at radius 3 is 2.15 bits per heavy atom. The Labute approximate surface area is 190 Å². The monoisotopic (exact) mass is 478 g/mol. The van der Waals surface area contributed by atoms with Crippen LogP contribution in [0, 0.1) is 5.92 Å². The molecule has 1 heterocycles. The van der Waals surface area contributed by atoms with E-state index in [4.69, 9.17) is 9.15 Å². The highest BCUT2D eigenvalue weighted by molar-refractivity contribution is 5.88. The molecular weight excluding hydrogens is 456 g/mol. The second-order valence-corrected chi connectivity index (χ2v) is 8.10. The van der Waals surface area contributed by atoms with Crippen molar-refractivity contribution in [3.63, 3.8) is 0 Å². The number of hydrogen-bond donors (Lipinski definition) is 9. The fourth-order valence-corrected chi connectivity index (χ4v) is 4.03. The van der Waals surface area contributed by atoms with Crippen LogP contribution in [0.3, 0.4) is 0 Å². The lowest BCUT2D eigenvalue weighted by Gasteiger charge is -2.39. The zero-order valence-corrected chi connectivity index (χ0v) is 17.4.